The number of benzene rings is 1. The normalized spacial score (nSPS) is 13.8. The van der Waals surface area contributed by atoms with Gasteiger partial charge in [0, 0.05) is 19.3 Å². The van der Waals surface area contributed by atoms with Crippen LogP contribution in [-0.2, 0) is 20.3 Å². The van der Waals surface area contributed by atoms with Crippen molar-refractivity contribution in [2.24, 2.45) is 0 Å². The second-order valence-electron chi connectivity index (χ2n) is 3.91. The van der Waals surface area contributed by atoms with Crippen LogP contribution < -0.4 is 11.1 Å². The van der Waals surface area contributed by atoms with Gasteiger partial charge in [0.05, 0.1) is 27.3 Å². The van der Waals surface area contributed by atoms with Crippen LogP contribution in [0.2, 0.25) is 5.02 Å². The summed E-state index contributed by atoms with van der Waals surface area (Å²) >= 11 is 5.98. The van der Waals surface area contributed by atoms with Gasteiger partial charge in [0.1, 0.15) is 5.25 Å². The Labute approximate surface area is 119 Å². The van der Waals surface area contributed by atoms with Gasteiger partial charge < -0.3 is 15.8 Å². The zero-order valence-electron chi connectivity index (χ0n) is 10.8. The van der Waals surface area contributed by atoms with Crippen LogP contribution in [0.5, 0.6) is 0 Å². The number of nitrogens with one attached hydrogen (secondary N) is 1. The van der Waals surface area contributed by atoms with Gasteiger partial charge in [-0.3, -0.25) is 9.00 Å². The van der Waals surface area contributed by atoms with E-state index in [1.807, 2.05) is 0 Å². The van der Waals surface area contributed by atoms with Crippen molar-refractivity contribution < 1.29 is 13.7 Å². The zero-order chi connectivity index (χ0) is 14.4. The Morgan fingerprint density at radius 2 is 2.26 bits per heavy atom. The van der Waals surface area contributed by atoms with Crippen LogP contribution in [-0.4, -0.2) is 35.6 Å². The molecule has 5 nitrogen and oxygen atoms in total. The van der Waals surface area contributed by atoms with Gasteiger partial charge in [-0.15, -0.1) is 0 Å². The van der Waals surface area contributed by atoms with Gasteiger partial charge in [0.15, 0.2) is 0 Å². The fraction of sp³-hybridized carbons (Fsp3) is 0.417. The van der Waals surface area contributed by atoms with Gasteiger partial charge in [-0.25, -0.2) is 0 Å². The molecular formula is C12H17ClN2O3S. The van der Waals surface area contributed by atoms with E-state index in [-0.39, 0.29) is 5.91 Å². The summed E-state index contributed by atoms with van der Waals surface area (Å²) in [5.41, 5.74) is 6.06. The first-order chi connectivity index (χ1) is 8.97. The number of rotatable bonds is 6. The summed E-state index contributed by atoms with van der Waals surface area (Å²) in [6.45, 7) is 2.38. The molecule has 1 aromatic rings. The molecule has 7 heteroatoms. The average Bonchev–Trinajstić information content (AvgIpc) is 2.37. The van der Waals surface area contributed by atoms with Crippen molar-refractivity contribution in [3.63, 3.8) is 0 Å². The fourth-order valence-corrected chi connectivity index (χ4v) is 2.92. The molecule has 0 saturated heterocycles. The van der Waals surface area contributed by atoms with Crippen LogP contribution in [0.1, 0.15) is 6.92 Å². The monoisotopic (exact) mass is 304 g/mol. The molecule has 1 rings (SSSR count). The molecule has 1 aromatic carbocycles. The van der Waals surface area contributed by atoms with E-state index in [4.69, 9.17) is 22.1 Å². The lowest BCUT2D eigenvalue weighted by atomic mass is 10.3. The average molecular weight is 305 g/mol. The summed E-state index contributed by atoms with van der Waals surface area (Å²) in [5.74, 6) is -0.303. The minimum Gasteiger partial charge on any atom is -0.399 e. The van der Waals surface area contributed by atoms with E-state index in [0.29, 0.717) is 28.8 Å². The number of anilines is 1. The van der Waals surface area contributed by atoms with Crippen molar-refractivity contribution in [1.29, 1.82) is 0 Å². The van der Waals surface area contributed by atoms with Crippen molar-refractivity contribution in [3.05, 3.63) is 23.2 Å². The number of hydrogen-bond acceptors (Lipinski definition) is 4. The summed E-state index contributed by atoms with van der Waals surface area (Å²) in [4.78, 5) is 12.2. The molecule has 0 fully saturated rings. The van der Waals surface area contributed by atoms with Gasteiger partial charge in [0.25, 0.3) is 0 Å². The molecule has 19 heavy (non-hydrogen) atoms. The Bertz CT molecular complexity index is 482. The van der Waals surface area contributed by atoms with E-state index in [1.165, 1.54) is 6.07 Å². The number of nitrogen functional groups attached to an aromatic ring is 1. The minimum absolute atomic E-state index is 0.301. The lowest BCUT2D eigenvalue weighted by molar-refractivity contribution is -0.120. The van der Waals surface area contributed by atoms with Crippen LogP contribution in [0.25, 0.3) is 0 Å². The molecule has 0 radical (unpaired) electrons. The molecule has 2 atom stereocenters. The van der Waals surface area contributed by atoms with E-state index >= 15 is 0 Å². The Morgan fingerprint density at radius 1 is 1.58 bits per heavy atom. The SMILES string of the molecule is COCCNC(=O)C(C)S(=O)c1ccc(N)cc1Cl. The number of nitrogens with two attached hydrogens (primary N) is 1. The highest BCUT2D eigenvalue weighted by Crippen LogP contribution is 2.24. The van der Waals surface area contributed by atoms with Crippen molar-refractivity contribution >= 4 is 34.0 Å². The molecule has 0 spiro atoms. The number of carbonyl (C=O) groups excluding carboxylic acids is 1. The summed E-state index contributed by atoms with van der Waals surface area (Å²) in [5, 5.41) is 2.24. The molecule has 0 bridgehead atoms. The fourth-order valence-electron chi connectivity index (χ4n) is 1.39. The molecular weight excluding hydrogens is 288 g/mol. The molecule has 3 N–H and O–H groups in total. The maximum absolute atomic E-state index is 12.2. The van der Waals surface area contributed by atoms with Gasteiger partial charge in [-0.2, -0.15) is 0 Å². The smallest absolute Gasteiger partial charge is 0.235 e. The largest absolute Gasteiger partial charge is 0.399 e. The minimum atomic E-state index is -1.52. The third-order valence-electron chi connectivity index (χ3n) is 2.47. The summed E-state index contributed by atoms with van der Waals surface area (Å²) in [7, 11) is 0.0197. The number of amides is 1. The maximum Gasteiger partial charge on any atom is 0.235 e. The Morgan fingerprint density at radius 3 is 2.84 bits per heavy atom. The highest BCUT2D eigenvalue weighted by atomic mass is 35.5. The molecule has 0 aliphatic rings. The van der Waals surface area contributed by atoms with Crippen molar-refractivity contribution in [2.75, 3.05) is 26.0 Å². The molecule has 0 heterocycles. The Kier molecular flexibility index (Phi) is 6.27. The standard InChI is InChI=1S/C12H17ClN2O3S/c1-8(12(16)15-5-6-18-2)19(17)11-4-3-9(14)7-10(11)13/h3-4,7-8H,5-6,14H2,1-2H3,(H,15,16). The summed E-state index contributed by atoms with van der Waals surface area (Å²) < 4.78 is 17.1. The maximum atomic E-state index is 12.2. The lowest BCUT2D eigenvalue weighted by Crippen LogP contribution is -2.37. The Balaban J connectivity index is 2.73. The number of halogens is 1. The molecule has 0 aliphatic heterocycles. The number of ether oxygens (including phenoxy) is 1. The highest BCUT2D eigenvalue weighted by Gasteiger charge is 2.22. The van der Waals surface area contributed by atoms with Crippen LogP contribution in [0.3, 0.4) is 0 Å². The summed E-state index contributed by atoms with van der Waals surface area (Å²) in [6.07, 6.45) is 0. The van der Waals surface area contributed by atoms with E-state index in [1.54, 1.807) is 26.2 Å². The number of carbonyl (C=O) groups is 1. The van der Waals surface area contributed by atoms with Gasteiger partial charge in [-0.1, -0.05) is 11.6 Å². The molecule has 0 saturated carbocycles. The van der Waals surface area contributed by atoms with E-state index in [0.717, 1.165) is 0 Å². The van der Waals surface area contributed by atoms with Crippen molar-refractivity contribution in [2.45, 2.75) is 17.1 Å². The predicted octanol–water partition coefficient (Wildman–Crippen LogP) is 1.18. The third-order valence-corrected chi connectivity index (χ3v) is 4.54. The van der Waals surface area contributed by atoms with Crippen LogP contribution in [0.4, 0.5) is 5.69 Å². The first kappa shape index (κ1) is 15.9. The zero-order valence-corrected chi connectivity index (χ0v) is 12.4. The third kappa shape index (κ3) is 4.49. The lowest BCUT2D eigenvalue weighted by Gasteiger charge is -2.13. The van der Waals surface area contributed by atoms with Crippen LogP contribution in [0, 0.1) is 0 Å². The molecule has 2 unspecified atom stereocenters. The quantitative estimate of drug-likeness (QED) is 0.611. The second kappa shape index (κ2) is 7.47. The first-order valence-corrected chi connectivity index (χ1v) is 7.28. The van der Waals surface area contributed by atoms with Crippen LogP contribution >= 0.6 is 11.6 Å². The number of hydrogen-bond donors (Lipinski definition) is 2. The Hall–Kier alpha value is -1.11. The molecule has 106 valence electrons. The van der Waals surface area contributed by atoms with Gasteiger partial charge in [0.2, 0.25) is 5.91 Å². The second-order valence-corrected chi connectivity index (χ2v) is 6.06. The molecule has 1 amide bonds. The van der Waals surface area contributed by atoms with E-state index in [9.17, 15) is 9.00 Å². The predicted molar refractivity (Wildman–Crippen MR) is 76.6 cm³/mol. The number of methoxy groups -OCH3 is 1. The van der Waals surface area contributed by atoms with Crippen LogP contribution in [0.15, 0.2) is 23.1 Å². The highest BCUT2D eigenvalue weighted by molar-refractivity contribution is 7.86. The molecule has 0 aromatic heterocycles. The van der Waals surface area contributed by atoms with Crippen molar-refractivity contribution in [3.8, 4) is 0 Å². The van der Waals surface area contributed by atoms with E-state index < -0.39 is 16.0 Å². The van der Waals surface area contributed by atoms with Crippen molar-refractivity contribution in [1.82, 2.24) is 5.32 Å². The molecule has 0 aliphatic carbocycles. The van der Waals surface area contributed by atoms with Gasteiger partial charge >= 0.3 is 0 Å². The van der Waals surface area contributed by atoms with Gasteiger partial charge in [-0.05, 0) is 25.1 Å². The first-order valence-electron chi connectivity index (χ1n) is 5.69. The summed E-state index contributed by atoms with van der Waals surface area (Å²) in [6, 6.07) is 4.70. The van der Waals surface area contributed by atoms with E-state index in [2.05, 4.69) is 5.32 Å². The topological polar surface area (TPSA) is 81.4 Å².